The summed E-state index contributed by atoms with van der Waals surface area (Å²) in [6, 6.07) is 10.0. The Morgan fingerprint density at radius 3 is 2.57 bits per heavy atom. The largest absolute Gasteiger partial charge is 0.338 e. The van der Waals surface area contributed by atoms with Crippen LogP contribution in [-0.2, 0) is 11.2 Å². The van der Waals surface area contributed by atoms with Gasteiger partial charge in [-0.05, 0) is 42.1 Å². The Morgan fingerprint density at radius 1 is 1.26 bits per heavy atom. The van der Waals surface area contributed by atoms with E-state index in [9.17, 15) is 4.79 Å². The Morgan fingerprint density at radius 2 is 1.91 bits per heavy atom. The topological polar surface area (TPSA) is 46.3 Å². The SMILES string of the molecule is CC1(C)CC2CC(C)(CN2C(=O)C(N)Cc2ccccc2)C1.Cl. The average Bonchev–Trinajstić information content (AvgIpc) is 2.68. The molecule has 2 fully saturated rings. The van der Waals surface area contributed by atoms with Gasteiger partial charge in [-0.2, -0.15) is 0 Å². The van der Waals surface area contributed by atoms with E-state index < -0.39 is 6.04 Å². The zero-order valence-corrected chi connectivity index (χ0v) is 15.2. The van der Waals surface area contributed by atoms with Gasteiger partial charge in [0.15, 0.2) is 0 Å². The lowest BCUT2D eigenvalue weighted by molar-refractivity contribution is -0.133. The second kappa shape index (κ2) is 6.45. The normalized spacial score (nSPS) is 29.7. The molecule has 3 atom stereocenters. The van der Waals surface area contributed by atoms with Gasteiger partial charge in [0.1, 0.15) is 0 Å². The number of hydrogen-bond acceptors (Lipinski definition) is 2. The third-order valence-corrected chi connectivity index (χ3v) is 5.31. The number of benzene rings is 1. The molecular formula is C19H29ClN2O. The first-order chi connectivity index (χ1) is 10.3. The zero-order chi connectivity index (χ0) is 16.0. The van der Waals surface area contributed by atoms with Crippen molar-refractivity contribution in [3.63, 3.8) is 0 Å². The van der Waals surface area contributed by atoms with Gasteiger partial charge in [0.2, 0.25) is 5.91 Å². The number of rotatable bonds is 3. The van der Waals surface area contributed by atoms with Crippen LogP contribution >= 0.6 is 12.4 Å². The van der Waals surface area contributed by atoms with E-state index in [2.05, 4.69) is 25.7 Å². The van der Waals surface area contributed by atoms with E-state index in [0.29, 0.717) is 17.9 Å². The van der Waals surface area contributed by atoms with Gasteiger partial charge in [-0.1, -0.05) is 51.1 Å². The molecule has 1 aliphatic carbocycles. The van der Waals surface area contributed by atoms with Crippen molar-refractivity contribution in [2.24, 2.45) is 16.6 Å². The molecule has 3 rings (SSSR count). The van der Waals surface area contributed by atoms with Crippen molar-refractivity contribution in [3.8, 4) is 0 Å². The van der Waals surface area contributed by atoms with E-state index in [0.717, 1.165) is 24.9 Å². The quantitative estimate of drug-likeness (QED) is 0.919. The van der Waals surface area contributed by atoms with Crippen LogP contribution in [0.25, 0.3) is 0 Å². The molecule has 1 aromatic carbocycles. The molecule has 0 radical (unpaired) electrons. The molecule has 1 amide bonds. The number of likely N-dealkylation sites (tertiary alicyclic amines) is 1. The summed E-state index contributed by atoms with van der Waals surface area (Å²) >= 11 is 0. The van der Waals surface area contributed by atoms with Crippen molar-refractivity contribution in [3.05, 3.63) is 35.9 Å². The van der Waals surface area contributed by atoms with E-state index in [-0.39, 0.29) is 23.7 Å². The molecule has 0 spiro atoms. The molecule has 2 N–H and O–H groups in total. The number of hydrogen-bond donors (Lipinski definition) is 1. The number of fused-ring (bicyclic) bond motifs is 2. The van der Waals surface area contributed by atoms with Crippen LogP contribution in [0, 0.1) is 10.8 Å². The lowest BCUT2D eigenvalue weighted by Gasteiger charge is -2.39. The molecular weight excluding hydrogens is 308 g/mol. The predicted molar refractivity (Wildman–Crippen MR) is 96.6 cm³/mol. The minimum absolute atomic E-state index is 0. The summed E-state index contributed by atoms with van der Waals surface area (Å²) in [6.07, 6.45) is 4.07. The lowest BCUT2D eigenvalue weighted by atomic mass is 9.65. The van der Waals surface area contributed by atoms with E-state index in [4.69, 9.17) is 5.73 Å². The third-order valence-electron chi connectivity index (χ3n) is 5.31. The first-order valence-corrected chi connectivity index (χ1v) is 8.38. The van der Waals surface area contributed by atoms with Crippen molar-refractivity contribution in [2.45, 2.75) is 58.5 Å². The van der Waals surface area contributed by atoms with Crippen LogP contribution in [0.4, 0.5) is 0 Å². The molecule has 1 heterocycles. The Labute approximate surface area is 146 Å². The molecule has 4 heteroatoms. The highest BCUT2D eigenvalue weighted by molar-refractivity contribution is 5.85. The number of carbonyl (C=O) groups excluding carboxylic acids is 1. The number of nitrogens with zero attached hydrogens (tertiary/aromatic N) is 1. The second-order valence-electron chi connectivity index (χ2n) is 8.48. The van der Waals surface area contributed by atoms with Gasteiger partial charge >= 0.3 is 0 Å². The van der Waals surface area contributed by atoms with Crippen molar-refractivity contribution < 1.29 is 4.79 Å². The molecule has 1 aliphatic heterocycles. The molecule has 128 valence electrons. The van der Waals surface area contributed by atoms with Gasteiger partial charge in [0.05, 0.1) is 6.04 Å². The van der Waals surface area contributed by atoms with Crippen LogP contribution in [0.5, 0.6) is 0 Å². The average molecular weight is 337 g/mol. The molecule has 1 saturated carbocycles. The van der Waals surface area contributed by atoms with Crippen LogP contribution in [0.15, 0.2) is 30.3 Å². The van der Waals surface area contributed by atoms with Crippen LogP contribution in [0.1, 0.15) is 45.6 Å². The number of halogens is 1. The highest BCUT2D eigenvalue weighted by Gasteiger charge is 2.51. The molecule has 1 aromatic rings. The van der Waals surface area contributed by atoms with Crippen molar-refractivity contribution >= 4 is 18.3 Å². The standard InChI is InChI=1S/C19H28N2O.ClH/c1-18(2)10-15-11-19(3,12-18)13-21(15)17(22)16(20)9-14-7-5-4-6-8-14;/h4-8,15-16H,9-13,20H2,1-3H3;1H. The predicted octanol–water partition coefficient (Wildman–Crippen LogP) is 3.41. The third kappa shape index (κ3) is 3.89. The molecule has 2 aliphatic rings. The first kappa shape index (κ1) is 18.3. The van der Waals surface area contributed by atoms with Gasteiger partial charge in [-0.25, -0.2) is 0 Å². The van der Waals surface area contributed by atoms with Crippen LogP contribution < -0.4 is 5.73 Å². The van der Waals surface area contributed by atoms with Crippen LogP contribution in [-0.4, -0.2) is 29.4 Å². The van der Waals surface area contributed by atoms with Gasteiger partial charge in [0.25, 0.3) is 0 Å². The molecule has 23 heavy (non-hydrogen) atoms. The summed E-state index contributed by atoms with van der Waals surface area (Å²) < 4.78 is 0. The zero-order valence-electron chi connectivity index (χ0n) is 14.4. The highest BCUT2D eigenvalue weighted by Crippen LogP contribution is 2.52. The summed E-state index contributed by atoms with van der Waals surface area (Å²) in [6.45, 7) is 7.86. The summed E-state index contributed by atoms with van der Waals surface area (Å²) in [5.74, 6) is 0.135. The molecule has 3 nitrogen and oxygen atoms in total. The lowest BCUT2D eigenvalue weighted by Crippen LogP contribution is -2.47. The summed E-state index contributed by atoms with van der Waals surface area (Å²) in [5, 5.41) is 0. The maximum absolute atomic E-state index is 12.8. The van der Waals surface area contributed by atoms with Crippen molar-refractivity contribution in [1.82, 2.24) is 4.90 Å². The fourth-order valence-electron chi connectivity index (χ4n) is 4.89. The Bertz CT molecular complexity index is 560. The monoisotopic (exact) mass is 336 g/mol. The van der Waals surface area contributed by atoms with E-state index in [1.54, 1.807) is 0 Å². The van der Waals surface area contributed by atoms with E-state index >= 15 is 0 Å². The van der Waals surface area contributed by atoms with Gasteiger partial charge in [0, 0.05) is 12.6 Å². The smallest absolute Gasteiger partial charge is 0.240 e. The number of amides is 1. The molecule has 2 bridgehead atoms. The van der Waals surface area contributed by atoms with Crippen molar-refractivity contribution in [2.75, 3.05) is 6.54 Å². The minimum atomic E-state index is -0.423. The fourth-order valence-corrected chi connectivity index (χ4v) is 4.89. The van der Waals surface area contributed by atoms with Crippen molar-refractivity contribution in [1.29, 1.82) is 0 Å². The van der Waals surface area contributed by atoms with Crippen LogP contribution in [0.3, 0.4) is 0 Å². The van der Waals surface area contributed by atoms with Crippen LogP contribution in [0.2, 0.25) is 0 Å². The summed E-state index contributed by atoms with van der Waals surface area (Å²) in [7, 11) is 0. The number of carbonyl (C=O) groups is 1. The minimum Gasteiger partial charge on any atom is -0.338 e. The van der Waals surface area contributed by atoms with E-state index in [1.165, 1.54) is 6.42 Å². The second-order valence-corrected chi connectivity index (χ2v) is 8.48. The Hall–Kier alpha value is -1.06. The summed E-state index contributed by atoms with van der Waals surface area (Å²) in [5.41, 5.74) is 7.97. The van der Waals surface area contributed by atoms with Gasteiger partial charge < -0.3 is 10.6 Å². The fraction of sp³-hybridized carbons (Fsp3) is 0.632. The maximum Gasteiger partial charge on any atom is 0.240 e. The number of nitrogens with two attached hydrogens (primary N) is 1. The maximum atomic E-state index is 12.8. The molecule has 1 saturated heterocycles. The first-order valence-electron chi connectivity index (χ1n) is 8.38. The summed E-state index contributed by atoms with van der Waals surface area (Å²) in [4.78, 5) is 14.9. The Balaban J connectivity index is 0.00000192. The van der Waals surface area contributed by atoms with Gasteiger partial charge in [-0.3, -0.25) is 4.79 Å². The highest BCUT2D eigenvalue weighted by atomic mass is 35.5. The van der Waals surface area contributed by atoms with Gasteiger partial charge in [-0.15, -0.1) is 12.4 Å². The van der Waals surface area contributed by atoms with E-state index in [1.807, 2.05) is 30.3 Å². The molecule has 0 aromatic heterocycles. The Kier molecular flexibility index (Phi) is 5.12. The molecule has 3 unspecified atom stereocenters.